The Morgan fingerprint density at radius 3 is 2.12 bits per heavy atom. The number of thiol groups is 1. The maximum atomic E-state index is 4.63. The predicted octanol–water partition coefficient (Wildman–Crippen LogP) is 5.35. The first kappa shape index (κ1) is 16.1. The molecule has 1 heteroatoms. The summed E-state index contributed by atoms with van der Waals surface area (Å²) in [6, 6.07) is 0. The van der Waals surface area contributed by atoms with Crippen molar-refractivity contribution in [2.75, 3.05) is 0 Å². The fourth-order valence-corrected chi connectivity index (χ4v) is 2.80. The highest BCUT2D eigenvalue weighted by Crippen LogP contribution is 2.43. The monoisotopic (exact) mass is 242 g/mol. The summed E-state index contributed by atoms with van der Waals surface area (Å²) >= 11 is 4.63. The molecule has 16 heavy (non-hydrogen) atoms. The predicted molar refractivity (Wildman–Crippen MR) is 79.2 cm³/mol. The number of hydrogen-bond donors (Lipinski definition) is 1. The van der Waals surface area contributed by atoms with Crippen molar-refractivity contribution in [3.8, 4) is 0 Å². The Morgan fingerprint density at radius 2 is 1.81 bits per heavy atom. The minimum atomic E-state index is 0.268. The van der Waals surface area contributed by atoms with Crippen LogP contribution < -0.4 is 0 Å². The van der Waals surface area contributed by atoms with Gasteiger partial charge in [-0.15, -0.1) is 0 Å². The molecule has 0 N–H and O–H groups in total. The van der Waals surface area contributed by atoms with Gasteiger partial charge >= 0.3 is 0 Å². The molecule has 0 aliphatic heterocycles. The summed E-state index contributed by atoms with van der Waals surface area (Å²) in [4.78, 5) is 0. The lowest BCUT2D eigenvalue weighted by Gasteiger charge is -2.39. The largest absolute Gasteiger partial charge is 0.176 e. The van der Waals surface area contributed by atoms with Gasteiger partial charge in [0.25, 0.3) is 0 Å². The highest BCUT2D eigenvalue weighted by molar-refractivity contribution is 7.80. The third-order valence-electron chi connectivity index (χ3n) is 3.99. The summed E-state index contributed by atoms with van der Waals surface area (Å²) < 4.78 is 0. The van der Waals surface area contributed by atoms with Crippen molar-refractivity contribution in [3.05, 3.63) is 12.2 Å². The summed E-state index contributed by atoms with van der Waals surface area (Å²) in [7, 11) is 0. The van der Waals surface area contributed by atoms with Crippen LogP contribution in [0.3, 0.4) is 0 Å². The number of allylic oxidation sites excluding steroid dienone is 1. The van der Waals surface area contributed by atoms with Crippen LogP contribution in [0.2, 0.25) is 0 Å². The molecule has 0 amide bonds. The summed E-state index contributed by atoms with van der Waals surface area (Å²) in [5.74, 6) is 1.39. The molecule has 0 nitrogen and oxygen atoms in total. The van der Waals surface area contributed by atoms with Gasteiger partial charge in [0, 0.05) is 5.25 Å². The average Bonchev–Trinajstić information content (AvgIpc) is 2.15. The van der Waals surface area contributed by atoms with Crippen LogP contribution in [0.25, 0.3) is 0 Å². The van der Waals surface area contributed by atoms with Crippen LogP contribution in [0, 0.1) is 17.3 Å². The van der Waals surface area contributed by atoms with Gasteiger partial charge in [-0.1, -0.05) is 46.8 Å². The molecule has 0 spiro atoms. The molecule has 3 unspecified atom stereocenters. The average molecular weight is 242 g/mol. The molecule has 0 saturated heterocycles. The van der Waals surface area contributed by atoms with Crippen molar-refractivity contribution in [2.24, 2.45) is 17.3 Å². The van der Waals surface area contributed by atoms with E-state index in [1.807, 2.05) is 0 Å². The molecule has 0 bridgehead atoms. The molecule has 0 fully saturated rings. The van der Waals surface area contributed by atoms with Gasteiger partial charge in [0.1, 0.15) is 0 Å². The van der Waals surface area contributed by atoms with Gasteiger partial charge in [0.05, 0.1) is 0 Å². The highest BCUT2D eigenvalue weighted by atomic mass is 32.1. The Morgan fingerprint density at radius 1 is 1.31 bits per heavy atom. The van der Waals surface area contributed by atoms with E-state index in [1.54, 1.807) is 0 Å². The molecular weight excluding hydrogens is 212 g/mol. The lowest BCUT2D eigenvalue weighted by Crippen LogP contribution is -2.30. The molecule has 96 valence electrons. The zero-order valence-corrected chi connectivity index (χ0v) is 12.9. The molecule has 3 atom stereocenters. The zero-order valence-electron chi connectivity index (χ0n) is 12.0. The van der Waals surface area contributed by atoms with E-state index in [0.29, 0.717) is 11.2 Å². The van der Waals surface area contributed by atoms with Crippen molar-refractivity contribution >= 4 is 12.6 Å². The van der Waals surface area contributed by atoms with E-state index in [9.17, 15) is 0 Å². The van der Waals surface area contributed by atoms with Gasteiger partial charge in [-0.05, 0) is 43.4 Å². The Bertz CT molecular complexity index is 219. The smallest absolute Gasteiger partial charge is 0.00170 e. The van der Waals surface area contributed by atoms with E-state index in [-0.39, 0.29) is 5.41 Å². The molecule has 0 aromatic rings. The summed E-state index contributed by atoms with van der Waals surface area (Å²) in [6.45, 7) is 17.9. The molecule has 0 rings (SSSR count). The first-order chi connectivity index (χ1) is 7.24. The van der Waals surface area contributed by atoms with Gasteiger partial charge in [-0.2, -0.15) is 12.6 Å². The first-order valence-electron chi connectivity index (χ1n) is 6.58. The van der Waals surface area contributed by atoms with Crippen molar-refractivity contribution in [3.63, 3.8) is 0 Å². The van der Waals surface area contributed by atoms with E-state index in [1.165, 1.54) is 18.4 Å². The van der Waals surface area contributed by atoms with Crippen molar-refractivity contribution in [2.45, 2.75) is 66.1 Å². The third-order valence-corrected chi connectivity index (χ3v) is 4.57. The van der Waals surface area contributed by atoms with Crippen molar-refractivity contribution in [1.29, 1.82) is 0 Å². The van der Waals surface area contributed by atoms with Crippen LogP contribution in [-0.2, 0) is 0 Å². The van der Waals surface area contributed by atoms with Gasteiger partial charge in [0.15, 0.2) is 0 Å². The Hall–Kier alpha value is 0.0900. The minimum Gasteiger partial charge on any atom is -0.176 e. The second-order valence-electron chi connectivity index (χ2n) is 5.99. The molecule has 0 aromatic heterocycles. The zero-order chi connectivity index (χ0) is 12.9. The fraction of sp³-hybridized carbons (Fsp3) is 0.867. The Labute approximate surface area is 108 Å². The van der Waals surface area contributed by atoms with Crippen molar-refractivity contribution < 1.29 is 0 Å². The molecule has 0 saturated carbocycles. The van der Waals surface area contributed by atoms with Gasteiger partial charge < -0.3 is 0 Å². The van der Waals surface area contributed by atoms with Crippen LogP contribution in [0.15, 0.2) is 12.2 Å². The van der Waals surface area contributed by atoms with E-state index in [0.717, 1.165) is 12.3 Å². The standard InChI is InChI=1S/C15H30S/c1-8-14(16)9-13(6)15(7,12(4)5)10-11(2)3/h11,13-14,16H,4,8-10H2,1-3,5-7H3. The molecule has 0 radical (unpaired) electrons. The Kier molecular flexibility index (Phi) is 6.77. The van der Waals surface area contributed by atoms with Crippen LogP contribution >= 0.6 is 12.6 Å². The highest BCUT2D eigenvalue weighted by Gasteiger charge is 2.33. The molecule has 0 aromatic carbocycles. The summed E-state index contributed by atoms with van der Waals surface area (Å²) in [5, 5.41) is 0.529. The van der Waals surface area contributed by atoms with E-state index in [4.69, 9.17) is 0 Å². The minimum absolute atomic E-state index is 0.268. The molecule has 0 aliphatic carbocycles. The SMILES string of the molecule is C=C(C)C(C)(CC(C)C)C(C)CC(S)CC. The quantitative estimate of drug-likeness (QED) is 0.451. The van der Waals surface area contributed by atoms with Crippen LogP contribution in [0.1, 0.15) is 60.8 Å². The van der Waals surface area contributed by atoms with Gasteiger partial charge in [0.2, 0.25) is 0 Å². The third kappa shape index (κ3) is 4.53. The Balaban J connectivity index is 4.69. The van der Waals surface area contributed by atoms with Crippen LogP contribution in [0.4, 0.5) is 0 Å². The molecular formula is C15H30S. The fourth-order valence-electron chi connectivity index (χ4n) is 2.48. The molecule has 0 aliphatic rings. The lowest BCUT2D eigenvalue weighted by atomic mass is 9.67. The van der Waals surface area contributed by atoms with E-state index >= 15 is 0 Å². The van der Waals surface area contributed by atoms with Crippen LogP contribution in [0.5, 0.6) is 0 Å². The maximum Gasteiger partial charge on any atom is 0.00170 e. The summed E-state index contributed by atoms with van der Waals surface area (Å²) in [5.41, 5.74) is 1.59. The van der Waals surface area contributed by atoms with Crippen molar-refractivity contribution in [1.82, 2.24) is 0 Å². The first-order valence-corrected chi connectivity index (χ1v) is 7.09. The number of hydrogen-bond acceptors (Lipinski definition) is 1. The normalized spacial score (nSPS) is 19.2. The maximum absolute atomic E-state index is 4.63. The second kappa shape index (κ2) is 6.74. The van der Waals surface area contributed by atoms with Crippen LogP contribution in [-0.4, -0.2) is 5.25 Å². The number of rotatable bonds is 7. The van der Waals surface area contributed by atoms with E-state index in [2.05, 4.69) is 60.8 Å². The summed E-state index contributed by atoms with van der Waals surface area (Å²) in [6.07, 6.45) is 3.57. The second-order valence-corrected chi connectivity index (χ2v) is 6.72. The topological polar surface area (TPSA) is 0 Å². The van der Waals surface area contributed by atoms with E-state index < -0.39 is 0 Å². The van der Waals surface area contributed by atoms with Gasteiger partial charge in [-0.3, -0.25) is 0 Å². The molecule has 0 heterocycles. The lowest BCUT2D eigenvalue weighted by molar-refractivity contribution is 0.196. The van der Waals surface area contributed by atoms with Gasteiger partial charge in [-0.25, -0.2) is 0 Å².